The Morgan fingerprint density at radius 1 is 1.03 bits per heavy atom. The molecule has 0 unspecified atom stereocenters. The first-order valence-corrected chi connectivity index (χ1v) is 13.1. The number of rotatable bonds is 8. The van der Waals surface area contributed by atoms with Crippen molar-refractivity contribution in [3.8, 4) is 0 Å². The molecule has 4 N–H and O–H groups in total. The van der Waals surface area contributed by atoms with Gasteiger partial charge in [-0.3, -0.25) is 4.72 Å². The Labute approximate surface area is 215 Å². The van der Waals surface area contributed by atoms with Gasteiger partial charge in [0, 0.05) is 26.6 Å². The molecular formula is C26H21BrN2O6S. The van der Waals surface area contributed by atoms with Crippen molar-refractivity contribution in [2.45, 2.75) is 18.2 Å². The Balaban J connectivity index is 1.84. The number of fused-ring (bicyclic) bond motifs is 1. The van der Waals surface area contributed by atoms with Crippen LogP contribution in [-0.4, -0.2) is 35.6 Å². The van der Waals surface area contributed by atoms with E-state index in [-0.39, 0.29) is 33.0 Å². The summed E-state index contributed by atoms with van der Waals surface area (Å²) < 4.78 is 28.6. The van der Waals surface area contributed by atoms with E-state index in [1.54, 1.807) is 24.3 Å². The third kappa shape index (κ3) is 5.05. The van der Waals surface area contributed by atoms with Crippen molar-refractivity contribution in [3.05, 3.63) is 93.6 Å². The average Bonchev–Trinajstić information content (AvgIpc) is 3.20. The van der Waals surface area contributed by atoms with Crippen molar-refractivity contribution >= 4 is 66.1 Å². The fourth-order valence-corrected chi connectivity index (χ4v) is 5.50. The number of halogens is 1. The Morgan fingerprint density at radius 2 is 1.75 bits per heavy atom. The summed E-state index contributed by atoms with van der Waals surface area (Å²) in [4.78, 5) is 27.3. The standard InChI is InChI=1S/C26H21BrN2O6S/c1-2-15-11-17(27)13-21-22(24(26(32)33)28-23(15)21)14-20(25(30)31)16-7-6-8-18(12-16)29-36(34,35)19-9-4-3-5-10-19/h3-14,28-29H,2H2,1H3,(H,30,31)(H,32,33). The zero-order valence-electron chi connectivity index (χ0n) is 18.9. The summed E-state index contributed by atoms with van der Waals surface area (Å²) in [6, 6.07) is 17.3. The highest BCUT2D eigenvalue weighted by Gasteiger charge is 2.21. The number of aromatic carboxylic acids is 1. The van der Waals surface area contributed by atoms with Gasteiger partial charge in [0.1, 0.15) is 5.69 Å². The lowest BCUT2D eigenvalue weighted by molar-refractivity contribution is -0.130. The molecule has 0 aliphatic rings. The van der Waals surface area contributed by atoms with E-state index in [0.29, 0.717) is 17.3 Å². The number of aryl methyl sites for hydroxylation is 1. The number of hydrogen-bond acceptors (Lipinski definition) is 4. The normalized spacial score (nSPS) is 12.0. The number of carboxylic acids is 2. The third-order valence-corrected chi connectivity index (χ3v) is 7.44. The molecule has 10 heteroatoms. The minimum Gasteiger partial charge on any atom is -0.478 e. The number of aliphatic carboxylic acids is 1. The molecular weight excluding hydrogens is 548 g/mol. The van der Waals surface area contributed by atoms with Crippen molar-refractivity contribution in [3.63, 3.8) is 0 Å². The monoisotopic (exact) mass is 568 g/mol. The van der Waals surface area contributed by atoms with Gasteiger partial charge < -0.3 is 15.2 Å². The van der Waals surface area contributed by atoms with Gasteiger partial charge in [-0.15, -0.1) is 0 Å². The lowest BCUT2D eigenvalue weighted by Crippen LogP contribution is -2.13. The van der Waals surface area contributed by atoms with E-state index < -0.39 is 22.0 Å². The Hall–Kier alpha value is -3.89. The predicted molar refractivity (Wildman–Crippen MR) is 142 cm³/mol. The number of anilines is 1. The number of carbonyl (C=O) groups is 2. The van der Waals surface area contributed by atoms with Crippen LogP contribution >= 0.6 is 15.9 Å². The molecule has 0 radical (unpaired) electrons. The first kappa shape index (κ1) is 25.2. The van der Waals surface area contributed by atoms with Crippen molar-refractivity contribution in [2.75, 3.05) is 4.72 Å². The third-order valence-electron chi connectivity index (χ3n) is 5.59. The smallest absolute Gasteiger partial charge is 0.352 e. The molecule has 0 fully saturated rings. The van der Waals surface area contributed by atoms with E-state index in [0.717, 1.165) is 10.0 Å². The van der Waals surface area contributed by atoms with Crippen LogP contribution in [0.25, 0.3) is 22.6 Å². The maximum Gasteiger partial charge on any atom is 0.352 e. The van der Waals surface area contributed by atoms with Crippen LogP contribution in [0.2, 0.25) is 0 Å². The second-order valence-corrected chi connectivity index (χ2v) is 10.5. The van der Waals surface area contributed by atoms with Gasteiger partial charge in [-0.05, 0) is 60.0 Å². The zero-order valence-corrected chi connectivity index (χ0v) is 21.4. The average molecular weight is 569 g/mol. The largest absolute Gasteiger partial charge is 0.478 e. The van der Waals surface area contributed by atoms with E-state index in [4.69, 9.17) is 0 Å². The maximum absolute atomic E-state index is 12.7. The molecule has 1 heterocycles. The summed E-state index contributed by atoms with van der Waals surface area (Å²) in [5, 5.41) is 20.4. The number of aromatic amines is 1. The van der Waals surface area contributed by atoms with Gasteiger partial charge in [-0.1, -0.05) is 53.2 Å². The lowest BCUT2D eigenvalue weighted by atomic mass is 9.99. The molecule has 0 saturated carbocycles. The van der Waals surface area contributed by atoms with Crippen LogP contribution in [0.1, 0.15) is 34.1 Å². The van der Waals surface area contributed by atoms with Crippen LogP contribution in [0.4, 0.5) is 5.69 Å². The summed E-state index contributed by atoms with van der Waals surface area (Å²) in [7, 11) is -3.89. The number of carboxylic acid groups (broad SMARTS) is 2. The molecule has 8 nitrogen and oxygen atoms in total. The zero-order chi connectivity index (χ0) is 26.0. The van der Waals surface area contributed by atoms with Crippen LogP contribution < -0.4 is 4.72 Å². The quantitative estimate of drug-likeness (QED) is 0.204. The summed E-state index contributed by atoms with van der Waals surface area (Å²) in [6.45, 7) is 1.93. The molecule has 0 atom stereocenters. The first-order valence-electron chi connectivity index (χ1n) is 10.8. The number of sulfonamides is 1. The van der Waals surface area contributed by atoms with Crippen LogP contribution in [0, 0.1) is 0 Å². The van der Waals surface area contributed by atoms with Crippen molar-refractivity contribution < 1.29 is 28.2 Å². The molecule has 0 saturated heterocycles. The number of hydrogen-bond donors (Lipinski definition) is 4. The summed E-state index contributed by atoms with van der Waals surface area (Å²) >= 11 is 3.44. The Bertz CT molecular complexity index is 1630. The maximum atomic E-state index is 12.7. The second kappa shape index (κ2) is 10.00. The van der Waals surface area contributed by atoms with E-state index in [1.165, 1.54) is 42.5 Å². The molecule has 36 heavy (non-hydrogen) atoms. The summed E-state index contributed by atoms with van der Waals surface area (Å²) in [6.07, 6.45) is 1.93. The topological polar surface area (TPSA) is 137 Å². The van der Waals surface area contributed by atoms with Crippen LogP contribution in [0.3, 0.4) is 0 Å². The van der Waals surface area contributed by atoms with Gasteiger partial charge >= 0.3 is 11.9 Å². The summed E-state index contributed by atoms with van der Waals surface area (Å²) in [5.41, 5.74) is 1.72. The van der Waals surface area contributed by atoms with Gasteiger partial charge in [0.15, 0.2) is 0 Å². The molecule has 0 aliphatic heterocycles. The van der Waals surface area contributed by atoms with Gasteiger partial charge in [0.25, 0.3) is 10.0 Å². The first-order chi connectivity index (χ1) is 17.1. The van der Waals surface area contributed by atoms with Crippen LogP contribution in [-0.2, 0) is 21.2 Å². The lowest BCUT2D eigenvalue weighted by Gasteiger charge is -2.10. The van der Waals surface area contributed by atoms with E-state index in [2.05, 4.69) is 25.6 Å². The van der Waals surface area contributed by atoms with E-state index in [1.807, 2.05) is 13.0 Å². The number of nitrogens with one attached hydrogen (secondary N) is 2. The van der Waals surface area contributed by atoms with Crippen molar-refractivity contribution in [2.24, 2.45) is 0 Å². The molecule has 4 rings (SSSR count). The number of benzene rings is 3. The highest BCUT2D eigenvalue weighted by molar-refractivity contribution is 9.10. The van der Waals surface area contributed by atoms with Gasteiger partial charge in [0.2, 0.25) is 0 Å². The van der Waals surface area contributed by atoms with Crippen LogP contribution in [0.15, 0.2) is 76.1 Å². The molecule has 0 aliphatic carbocycles. The highest BCUT2D eigenvalue weighted by atomic mass is 79.9. The molecule has 0 spiro atoms. The molecule has 0 bridgehead atoms. The number of aromatic nitrogens is 1. The molecule has 3 aromatic carbocycles. The second-order valence-electron chi connectivity index (χ2n) is 7.92. The number of H-pyrrole nitrogens is 1. The van der Waals surface area contributed by atoms with E-state index >= 15 is 0 Å². The predicted octanol–water partition coefficient (Wildman–Crippen LogP) is 5.62. The van der Waals surface area contributed by atoms with Crippen molar-refractivity contribution in [1.82, 2.24) is 4.98 Å². The minimum atomic E-state index is -3.89. The molecule has 4 aromatic rings. The minimum absolute atomic E-state index is 0.0617. The van der Waals surface area contributed by atoms with Gasteiger partial charge in [0.05, 0.1) is 10.5 Å². The molecule has 0 amide bonds. The fraction of sp³-hybridized carbons (Fsp3) is 0.0769. The highest BCUT2D eigenvalue weighted by Crippen LogP contribution is 2.33. The Kier molecular flexibility index (Phi) is 7.00. The Morgan fingerprint density at radius 3 is 2.39 bits per heavy atom. The van der Waals surface area contributed by atoms with Crippen LogP contribution in [0.5, 0.6) is 0 Å². The van der Waals surface area contributed by atoms with Gasteiger partial charge in [-0.25, -0.2) is 18.0 Å². The SMILES string of the molecule is CCc1cc(Br)cc2c(C=C(C(=O)O)c3cccc(NS(=O)(=O)c4ccccc4)c3)c(C(=O)O)[nH]c12. The van der Waals surface area contributed by atoms with Gasteiger partial charge in [-0.2, -0.15) is 0 Å². The fourth-order valence-electron chi connectivity index (χ4n) is 3.92. The van der Waals surface area contributed by atoms with E-state index in [9.17, 15) is 28.2 Å². The summed E-state index contributed by atoms with van der Waals surface area (Å²) in [5.74, 6) is -2.53. The molecule has 184 valence electrons. The molecule has 1 aromatic heterocycles. The van der Waals surface area contributed by atoms with Crippen molar-refractivity contribution in [1.29, 1.82) is 0 Å².